The van der Waals surface area contributed by atoms with Crippen LogP contribution in [0.3, 0.4) is 0 Å². The number of nitrogens with one attached hydrogen (secondary N) is 2. The molecule has 16 heteroatoms. The van der Waals surface area contributed by atoms with Crippen LogP contribution < -0.4 is 10.6 Å². The van der Waals surface area contributed by atoms with Gasteiger partial charge in [-0.2, -0.15) is 11.8 Å². The summed E-state index contributed by atoms with van der Waals surface area (Å²) in [5, 5.41) is 6.22. The third-order valence-electron chi connectivity index (χ3n) is 12.9. The van der Waals surface area contributed by atoms with Crippen LogP contribution in [0.2, 0.25) is 0 Å². The van der Waals surface area contributed by atoms with E-state index in [1.54, 1.807) is 20.9 Å². The molecular formula is C57H96N3O11PS. The molecule has 0 spiro atoms. The molecule has 0 heterocycles. The van der Waals surface area contributed by atoms with E-state index in [1.165, 1.54) is 107 Å². The zero-order valence-electron chi connectivity index (χ0n) is 45.7. The van der Waals surface area contributed by atoms with E-state index < -0.39 is 25.8 Å². The molecule has 0 unspecified atom stereocenters. The molecule has 0 aliphatic heterocycles. The third-order valence-corrected chi connectivity index (χ3v) is 16.2. The molecule has 3 rings (SSSR count). The van der Waals surface area contributed by atoms with E-state index in [4.69, 9.17) is 32.7 Å². The number of hydrogen-bond acceptors (Lipinski definition) is 12. The minimum atomic E-state index is -3.15. The number of carbonyl (C=O) groups is 3. The van der Waals surface area contributed by atoms with Gasteiger partial charge in [0, 0.05) is 49.3 Å². The fourth-order valence-corrected chi connectivity index (χ4v) is 11.5. The van der Waals surface area contributed by atoms with Crippen molar-refractivity contribution in [1.29, 1.82) is 0 Å². The van der Waals surface area contributed by atoms with Gasteiger partial charge in [0.15, 0.2) is 6.10 Å². The smallest absolute Gasteiger partial charge is 0.411 e. The second-order valence-electron chi connectivity index (χ2n) is 19.0. The lowest BCUT2D eigenvalue weighted by Crippen LogP contribution is -2.50. The number of fused-ring (bicyclic) bond motifs is 3. The second kappa shape index (κ2) is 41.2. The molecule has 1 aliphatic carbocycles. The van der Waals surface area contributed by atoms with Crippen LogP contribution in [-0.4, -0.2) is 132 Å². The monoisotopic (exact) mass is 1060 g/mol. The summed E-state index contributed by atoms with van der Waals surface area (Å²) in [6, 6.07) is 14.7. The Balaban J connectivity index is 1.56. The van der Waals surface area contributed by atoms with Crippen molar-refractivity contribution >= 4 is 37.3 Å². The Kier molecular flexibility index (Phi) is 36.3. The number of ether oxygens (including phenoxy) is 5. The first-order valence-corrected chi connectivity index (χ1v) is 31.0. The first kappa shape index (κ1) is 64.3. The van der Waals surface area contributed by atoms with Gasteiger partial charge in [0.25, 0.3) is 0 Å². The normalized spacial score (nSPS) is 13.1. The maximum atomic E-state index is 14.1. The molecule has 0 fully saturated rings. The molecule has 0 radical (unpaired) electrons. The lowest BCUT2D eigenvalue weighted by atomic mass is 10.1. The average Bonchev–Trinajstić information content (AvgIpc) is 3.70. The maximum absolute atomic E-state index is 14.1. The van der Waals surface area contributed by atoms with Crippen LogP contribution in [0.5, 0.6) is 0 Å². The quantitative estimate of drug-likeness (QED) is 0.0478. The molecule has 0 aromatic heterocycles. The molecule has 0 saturated heterocycles. The first-order valence-electron chi connectivity index (χ1n) is 28.1. The van der Waals surface area contributed by atoms with Crippen LogP contribution in [0.1, 0.15) is 173 Å². The molecule has 416 valence electrons. The lowest BCUT2D eigenvalue weighted by molar-refractivity contribution is -0.125. The van der Waals surface area contributed by atoms with Crippen molar-refractivity contribution in [2.24, 2.45) is 0 Å². The van der Waals surface area contributed by atoms with Gasteiger partial charge in [-0.15, -0.1) is 0 Å². The fraction of sp³-hybridized carbons (Fsp3) is 0.737. The van der Waals surface area contributed by atoms with Crippen LogP contribution in [0.25, 0.3) is 11.1 Å². The van der Waals surface area contributed by atoms with E-state index in [-0.39, 0.29) is 49.5 Å². The second-order valence-corrected chi connectivity index (χ2v) is 22.3. The average molecular weight is 1060 g/mol. The van der Waals surface area contributed by atoms with Crippen molar-refractivity contribution < 1.29 is 51.7 Å². The van der Waals surface area contributed by atoms with Crippen molar-refractivity contribution in [1.82, 2.24) is 15.5 Å². The summed E-state index contributed by atoms with van der Waals surface area (Å²) in [5.74, 6) is 0.458. The summed E-state index contributed by atoms with van der Waals surface area (Å²) in [5.41, 5.74) is 3.85. The third kappa shape index (κ3) is 27.6. The molecule has 1 aliphatic rings. The molecule has 14 nitrogen and oxygen atoms in total. The number of rotatable bonds is 47. The predicted molar refractivity (Wildman–Crippen MR) is 297 cm³/mol. The van der Waals surface area contributed by atoms with Crippen molar-refractivity contribution in [3.05, 3.63) is 59.7 Å². The summed E-state index contributed by atoms with van der Waals surface area (Å²) in [7, 11) is -1.54. The highest BCUT2D eigenvalue weighted by Gasteiger charge is 2.35. The Morgan fingerprint density at radius 2 is 1.10 bits per heavy atom. The van der Waals surface area contributed by atoms with Gasteiger partial charge < -0.3 is 43.4 Å². The zero-order valence-corrected chi connectivity index (χ0v) is 47.4. The van der Waals surface area contributed by atoms with Gasteiger partial charge in [0.2, 0.25) is 11.8 Å². The number of likely N-dealkylation sites (N-methyl/N-ethyl adjacent to an activating group) is 1. The van der Waals surface area contributed by atoms with Gasteiger partial charge in [0.05, 0.1) is 71.7 Å². The number of hydrogen-bond donors (Lipinski definition) is 2. The van der Waals surface area contributed by atoms with Crippen LogP contribution in [-0.2, 0) is 46.9 Å². The molecule has 0 bridgehead atoms. The predicted octanol–water partition coefficient (Wildman–Crippen LogP) is 12.7. The zero-order chi connectivity index (χ0) is 52.6. The fourth-order valence-electron chi connectivity index (χ4n) is 8.82. The first-order chi connectivity index (χ1) is 35.7. The summed E-state index contributed by atoms with van der Waals surface area (Å²) >= 11 is 1.51. The van der Waals surface area contributed by atoms with Crippen molar-refractivity contribution in [2.45, 2.75) is 174 Å². The van der Waals surface area contributed by atoms with Gasteiger partial charge in [0.1, 0.15) is 6.04 Å². The number of amides is 3. The molecule has 2 aromatic carbocycles. The lowest BCUT2D eigenvalue weighted by Gasteiger charge is -2.29. The molecule has 3 amide bonds. The standard InChI is InChI=1S/C57H96N3O11PS/c1-6-10-12-14-16-18-20-22-24-30-37-68-45-48(59-54(61)35-25-23-21-19-17-15-13-11-7-2)46-73-47-53(60(5)57(63)71-55-51-33-28-26-31-49(51)50-32-27-29-34-52(50)55)56(62)58-36-38-65-39-40-66-41-42-67-43-44-72(64,69-8-3)70-9-4/h26-29,31-34,48,53,55H,6-25,30,35-47H2,1-5H3,(H,58,62)(H,59,61)/t48-,53+/m1/s1. The van der Waals surface area contributed by atoms with Gasteiger partial charge >= 0.3 is 13.7 Å². The molecular weight excluding hydrogens is 966 g/mol. The molecule has 2 aromatic rings. The van der Waals surface area contributed by atoms with Crippen molar-refractivity contribution in [3.8, 4) is 11.1 Å². The van der Waals surface area contributed by atoms with Crippen molar-refractivity contribution in [3.63, 3.8) is 0 Å². The number of unbranched alkanes of at least 4 members (excludes halogenated alkanes) is 17. The highest BCUT2D eigenvalue weighted by molar-refractivity contribution is 7.99. The molecule has 0 saturated carbocycles. The Morgan fingerprint density at radius 1 is 0.603 bits per heavy atom. The number of nitrogens with zero attached hydrogens (tertiary/aromatic N) is 1. The minimum absolute atomic E-state index is 0.0192. The largest absolute Gasteiger partial charge is 0.436 e. The van der Waals surface area contributed by atoms with E-state index in [0.717, 1.165) is 54.4 Å². The van der Waals surface area contributed by atoms with Crippen LogP contribution in [0, 0.1) is 0 Å². The SMILES string of the molecule is CCCCCCCCCCCCOC[C@H](CSC[C@@H](C(=O)NCCOCCOCCOCCP(=O)(OCC)OCC)N(C)C(=O)OC1c2ccccc2-c2ccccc21)NC(=O)CCCCCCCCCCC. The highest BCUT2D eigenvalue weighted by atomic mass is 32.2. The van der Waals surface area contributed by atoms with E-state index in [1.807, 2.05) is 48.5 Å². The Morgan fingerprint density at radius 3 is 1.64 bits per heavy atom. The van der Waals surface area contributed by atoms with Gasteiger partial charge in [-0.05, 0) is 37.8 Å². The van der Waals surface area contributed by atoms with E-state index in [9.17, 15) is 18.9 Å². The molecule has 2 atom stereocenters. The van der Waals surface area contributed by atoms with E-state index in [0.29, 0.717) is 65.0 Å². The van der Waals surface area contributed by atoms with E-state index >= 15 is 0 Å². The van der Waals surface area contributed by atoms with Crippen LogP contribution >= 0.6 is 19.4 Å². The van der Waals surface area contributed by atoms with E-state index in [2.05, 4.69) is 24.5 Å². The summed E-state index contributed by atoms with van der Waals surface area (Å²) in [6.45, 7) is 11.7. The van der Waals surface area contributed by atoms with Gasteiger partial charge in [-0.3, -0.25) is 19.1 Å². The summed E-state index contributed by atoms with van der Waals surface area (Å²) in [6.07, 6.45) is 22.6. The van der Waals surface area contributed by atoms with Gasteiger partial charge in [-0.1, -0.05) is 172 Å². The van der Waals surface area contributed by atoms with Crippen LogP contribution in [0.4, 0.5) is 4.79 Å². The number of benzene rings is 2. The topological polar surface area (TPSA) is 160 Å². The van der Waals surface area contributed by atoms with Crippen molar-refractivity contribution in [2.75, 3.05) is 97.3 Å². The van der Waals surface area contributed by atoms with Gasteiger partial charge in [-0.25, -0.2) is 4.79 Å². The number of carbonyl (C=O) groups excluding carboxylic acids is 3. The van der Waals surface area contributed by atoms with Crippen LogP contribution in [0.15, 0.2) is 48.5 Å². The molecule has 73 heavy (non-hydrogen) atoms. The molecule has 2 N–H and O–H groups in total. The summed E-state index contributed by atoms with van der Waals surface area (Å²) in [4.78, 5) is 42.8. The Hall–Kier alpha value is -3.01. The highest BCUT2D eigenvalue weighted by Crippen LogP contribution is 2.47. The minimum Gasteiger partial charge on any atom is -0.436 e. The number of thioether (sulfide) groups is 1. The maximum Gasteiger partial charge on any atom is 0.411 e. The Bertz CT molecular complexity index is 1750. The summed E-state index contributed by atoms with van der Waals surface area (Å²) < 4.78 is 52.5. The Labute approximate surface area is 445 Å².